The molecule has 2 fully saturated rings. The second-order valence-electron chi connectivity index (χ2n) is 14.2. The number of nitrogens with one attached hydrogen (secondary N) is 4. The monoisotopic (exact) mass is 700 g/mol. The second kappa shape index (κ2) is 17.0. The number of ether oxygens (including phenoxy) is 1. The summed E-state index contributed by atoms with van der Waals surface area (Å²) in [5, 5.41) is 10.1. The zero-order chi connectivity index (χ0) is 37.4. The molecule has 2 aliphatic heterocycles. The minimum Gasteiger partial charge on any atom is -0.448 e. The molecule has 0 aromatic rings. The molecule has 0 spiro atoms. The first-order valence-electron chi connectivity index (χ1n) is 16.4. The van der Waals surface area contributed by atoms with Gasteiger partial charge in [-0.15, -0.1) is 6.58 Å². The van der Waals surface area contributed by atoms with E-state index in [1.165, 1.54) is 15.9 Å². The van der Waals surface area contributed by atoms with Gasteiger partial charge in [-0.1, -0.05) is 66.7 Å². The number of ketones is 1. The Kier molecular flexibility index (Phi) is 14.3. The molecule has 2 rings (SSSR count). The van der Waals surface area contributed by atoms with Gasteiger partial charge in [0.15, 0.2) is 0 Å². The van der Waals surface area contributed by atoms with Gasteiger partial charge in [-0.2, -0.15) is 13.2 Å². The minimum absolute atomic E-state index is 0.0949. The van der Waals surface area contributed by atoms with E-state index in [9.17, 15) is 41.9 Å². The lowest BCUT2D eigenvalue weighted by atomic mass is 9.84. The van der Waals surface area contributed by atoms with Crippen LogP contribution in [0.15, 0.2) is 24.8 Å². The molecule has 0 bridgehead atoms. The van der Waals surface area contributed by atoms with Crippen molar-refractivity contribution in [1.82, 2.24) is 31.1 Å². The van der Waals surface area contributed by atoms with E-state index < -0.39 is 90.1 Å². The first-order chi connectivity index (χ1) is 22.6. The fourth-order valence-electron chi connectivity index (χ4n) is 5.85. The van der Waals surface area contributed by atoms with Crippen LogP contribution >= 0.6 is 0 Å². The highest BCUT2D eigenvalue weighted by atomic mass is 19.4. The Morgan fingerprint density at radius 3 is 2.16 bits per heavy atom. The summed E-state index contributed by atoms with van der Waals surface area (Å²) in [5.41, 5.74) is -0.396. The van der Waals surface area contributed by atoms with Crippen LogP contribution in [0.1, 0.15) is 61.3 Å². The molecule has 0 radical (unpaired) electrons. The summed E-state index contributed by atoms with van der Waals surface area (Å²) in [5.74, 6) is -5.08. The molecule has 1 unspecified atom stereocenters. The zero-order valence-electron chi connectivity index (χ0n) is 29.4. The zero-order valence-corrected chi connectivity index (χ0v) is 29.4. The van der Waals surface area contributed by atoms with E-state index in [0.29, 0.717) is 12.1 Å². The van der Waals surface area contributed by atoms with E-state index in [1.807, 2.05) is 13.8 Å². The van der Waals surface area contributed by atoms with Crippen molar-refractivity contribution in [3.05, 3.63) is 24.8 Å². The van der Waals surface area contributed by atoms with Crippen LogP contribution in [-0.4, -0.2) is 109 Å². The maximum absolute atomic E-state index is 14.3. The molecular formula is C33H51F3N6O7. The molecule has 6 amide bonds. The lowest BCUT2D eigenvalue weighted by molar-refractivity contribution is -0.147. The highest BCUT2D eigenvalue weighted by molar-refractivity contribution is 6.38. The Morgan fingerprint density at radius 1 is 1.04 bits per heavy atom. The molecule has 5 atom stereocenters. The SMILES string of the molecule is C=CCNC(=O)C(=O)C(CCC(F)(F)F)NC(=O)[C@@H]1[C@@H](C(C)C)C(=C)CN1C(=O)[C@@H](NC(=O)N[C@H](CN1CCOC1=O)C(C)C)C(C)(C)C. The number of amides is 6. The third kappa shape index (κ3) is 11.5. The van der Waals surface area contributed by atoms with Crippen molar-refractivity contribution in [3.8, 4) is 0 Å². The second-order valence-corrected chi connectivity index (χ2v) is 14.2. The molecule has 2 heterocycles. The number of carbonyl (C=O) groups is 6. The molecule has 13 nitrogen and oxygen atoms in total. The summed E-state index contributed by atoms with van der Waals surface area (Å²) in [6.45, 7) is 20.5. The maximum atomic E-state index is 14.3. The molecule has 4 N–H and O–H groups in total. The van der Waals surface area contributed by atoms with Gasteiger partial charge < -0.3 is 35.8 Å². The van der Waals surface area contributed by atoms with Crippen molar-refractivity contribution in [2.45, 2.75) is 91.7 Å². The van der Waals surface area contributed by atoms with Gasteiger partial charge in [0.25, 0.3) is 5.91 Å². The molecule has 2 saturated heterocycles. The van der Waals surface area contributed by atoms with Crippen LogP contribution in [0, 0.1) is 23.2 Å². The van der Waals surface area contributed by atoms with Gasteiger partial charge in [0.2, 0.25) is 17.6 Å². The third-order valence-electron chi connectivity index (χ3n) is 8.54. The summed E-state index contributed by atoms with van der Waals surface area (Å²) in [6.07, 6.45) is -6.24. The summed E-state index contributed by atoms with van der Waals surface area (Å²) in [6, 6.07) is -5.52. The number of carbonyl (C=O) groups excluding carboxylic acids is 6. The number of urea groups is 1. The van der Waals surface area contributed by atoms with Crippen LogP contribution in [0.4, 0.5) is 22.8 Å². The van der Waals surface area contributed by atoms with Crippen LogP contribution < -0.4 is 21.3 Å². The molecule has 0 aromatic carbocycles. The third-order valence-corrected chi connectivity index (χ3v) is 8.54. The number of rotatable bonds is 15. The predicted molar refractivity (Wildman–Crippen MR) is 175 cm³/mol. The summed E-state index contributed by atoms with van der Waals surface area (Å²) in [7, 11) is 0. The minimum atomic E-state index is -4.68. The number of halogens is 3. The van der Waals surface area contributed by atoms with Crippen molar-refractivity contribution < 1.29 is 46.7 Å². The number of alkyl halides is 3. The van der Waals surface area contributed by atoms with Crippen LogP contribution in [0.25, 0.3) is 0 Å². The van der Waals surface area contributed by atoms with E-state index in [4.69, 9.17) is 4.74 Å². The average Bonchev–Trinajstić information content (AvgIpc) is 3.56. The molecule has 276 valence electrons. The highest BCUT2D eigenvalue weighted by Gasteiger charge is 2.49. The highest BCUT2D eigenvalue weighted by Crippen LogP contribution is 2.36. The maximum Gasteiger partial charge on any atom is 0.410 e. The summed E-state index contributed by atoms with van der Waals surface area (Å²) >= 11 is 0. The predicted octanol–water partition coefficient (Wildman–Crippen LogP) is 2.91. The van der Waals surface area contributed by atoms with Crippen molar-refractivity contribution in [3.63, 3.8) is 0 Å². The van der Waals surface area contributed by atoms with Gasteiger partial charge in [-0.25, -0.2) is 9.59 Å². The number of nitrogens with zero attached hydrogens (tertiary/aromatic N) is 2. The van der Waals surface area contributed by atoms with Gasteiger partial charge in [-0.3, -0.25) is 19.2 Å². The Bertz CT molecular complexity index is 1280. The molecule has 0 aromatic heterocycles. The fraction of sp³-hybridized carbons (Fsp3) is 0.697. The molecule has 2 aliphatic rings. The number of hydrogen-bond acceptors (Lipinski definition) is 7. The molecular weight excluding hydrogens is 649 g/mol. The van der Waals surface area contributed by atoms with Crippen LogP contribution in [0.3, 0.4) is 0 Å². The lowest BCUT2D eigenvalue weighted by Gasteiger charge is -2.37. The van der Waals surface area contributed by atoms with Crippen LogP contribution in [0.2, 0.25) is 0 Å². The molecule has 49 heavy (non-hydrogen) atoms. The largest absolute Gasteiger partial charge is 0.448 e. The smallest absolute Gasteiger partial charge is 0.410 e. The number of cyclic esters (lactones) is 1. The normalized spacial score (nSPS) is 20.1. The van der Waals surface area contributed by atoms with E-state index >= 15 is 0 Å². The Balaban J connectivity index is 2.39. The van der Waals surface area contributed by atoms with Gasteiger partial charge in [0.1, 0.15) is 18.7 Å². The lowest BCUT2D eigenvalue weighted by Crippen LogP contribution is -2.62. The fourth-order valence-corrected chi connectivity index (χ4v) is 5.85. The number of Topliss-reactive ketones (excluding diaryl/α,β-unsaturated/α-hetero) is 1. The Morgan fingerprint density at radius 2 is 1.67 bits per heavy atom. The first kappa shape index (κ1) is 41.1. The van der Waals surface area contributed by atoms with Crippen molar-refractivity contribution in [1.29, 1.82) is 0 Å². The van der Waals surface area contributed by atoms with Gasteiger partial charge in [-0.05, 0) is 23.7 Å². The van der Waals surface area contributed by atoms with E-state index in [2.05, 4.69) is 34.4 Å². The van der Waals surface area contributed by atoms with Crippen LogP contribution in [0.5, 0.6) is 0 Å². The van der Waals surface area contributed by atoms with Crippen molar-refractivity contribution >= 4 is 35.6 Å². The standard InChI is InChI=1S/C33H51F3N6O7/c1-10-13-37-28(45)25(43)21(11-12-33(34,35)36)38-27(44)24-23(19(4)5)20(6)16-42(24)29(46)26(32(7,8)9)40-30(47)39-22(18(2)3)17-41-14-15-49-31(41)48/h10,18-19,21-24,26H,1,6,11-17H2,2-5,7-9H3,(H,37,45)(H,38,44)(H2,39,40,47)/t21?,22-,23+,24+,26-/m1/s1. The number of likely N-dealkylation sites (tertiary alicyclic amines) is 1. The molecule has 16 heteroatoms. The van der Waals surface area contributed by atoms with Gasteiger partial charge >= 0.3 is 18.3 Å². The molecule has 0 aliphatic carbocycles. The van der Waals surface area contributed by atoms with Gasteiger partial charge in [0, 0.05) is 32.0 Å². The Labute approximate surface area is 285 Å². The summed E-state index contributed by atoms with van der Waals surface area (Å²) < 4.78 is 44.6. The van der Waals surface area contributed by atoms with Gasteiger partial charge in [0.05, 0.1) is 18.6 Å². The number of hydrogen-bond donors (Lipinski definition) is 4. The molecule has 0 saturated carbocycles. The first-order valence-corrected chi connectivity index (χ1v) is 16.4. The summed E-state index contributed by atoms with van der Waals surface area (Å²) in [4.78, 5) is 81.6. The quantitative estimate of drug-likeness (QED) is 0.151. The van der Waals surface area contributed by atoms with E-state index in [1.54, 1.807) is 34.6 Å². The van der Waals surface area contributed by atoms with Crippen molar-refractivity contribution in [2.24, 2.45) is 23.2 Å². The van der Waals surface area contributed by atoms with E-state index in [0.717, 1.165) is 0 Å². The van der Waals surface area contributed by atoms with E-state index in [-0.39, 0.29) is 38.1 Å². The average molecular weight is 701 g/mol. The van der Waals surface area contributed by atoms with Crippen LogP contribution in [-0.2, 0) is 23.9 Å². The topological polar surface area (TPSA) is 166 Å². The van der Waals surface area contributed by atoms with Crippen molar-refractivity contribution in [2.75, 3.05) is 32.8 Å². The Hall–Kier alpha value is -4.11.